The molecule has 2 fully saturated rings. The summed E-state index contributed by atoms with van der Waals surface area (Å²) in [6.07, 6.45) is 2.19. The molecular formula is C14H26N4O2. The number of likely N-dealkylation sites (N-methyl/N-ethyl adjacent to an activating group) is 1. The SMILES string of the molecule is CC(NCC(=O)N1CCN(C)CC1)C(=O)N1CCCC1. The van der Waals surface area contributed by atoms with Gasteiger partial charge < -0.3 is 14.7 Å². The van der Waals surface area contributed by atoms with Crippen molar-refractivity contribution in [3.63, 3.8) is 0 Å². The van der Waals surface area contributed by atoms with E-state index in [0.717, 1.165) is 52.1 Å². The van der Waals surface area contributed by atoms with E-state index in [-0.39, 0.29) is 24.4 Å². The highest BCUT2D eigenvalue weighted by molar-refractivity contribution is 5.83. The quantitative estimate of drug-likeness (QED) is 0.745. The Morgan fingerprint density at radius 1 is 1.00 bits per heavy atom. The number of piperazine rings is 1. The summed E-state index contributed by atoms with van der Waals surface area (Å²) in [5.41, 5.74) is 0. The Hall–Kier alpha value is -1.14. The van der Waals surface area contributed by atoms with E-state index in [2.05, 4.69) is 17.3 Å². The highest BCUT2D eigenvalue weighted by Crippen LogP contribution is 2.09. The molecule has 0 aromatic heterocycles. The van der Waals surface area contributed by atoms with Crippen LogP contribution < -0.4 is 5.32 Å². The lowest BCUT2D eigenvalue weighted by molar-refractivity contribution is -0.133. The highest BCUT2D eigenvalue weighted by atomic mass is 16.2. The summed E-state index contributed by atoms with van der Waals surface area (Å²) in [5.74, 6) is 0.216. The molecule has 0 aromatic carbocycles. The van der Waals surface area contributed by atoms with E-state index in [0.29, 0.717) is 0 Å². The lowest BCUT2D eigenvalue weighted by atomic mass is 10.2. The number of carbonyl (C=O) groups is 2. The third kappa shape index (κ3) is 3.93. The Labute approximate surface area is 121 Å². The highest BCUT2D eigenvalue weighted by Gasteiger charge is 2.24. The maximum Gasteiger partial charge on any atom is 0.239 e. The molecule has 2 saturated heterocycles. The van der Waals surface area contributed by atoms with Crippen LogP contribution in [0.1, 0.15) is 19.8 Å². The van der Waals surface area contributed by atoms with Crippen molar-refractivity contribution in [3.8, 4) is 0 Å². The Balaban J connectivity index is 1.71. The molecule has 20 heavy (non-hydrogen) atoms. The van der Waals surface area contributed by atoms with E-state index < -0.39 is 0 Å². The second kappa shape index (κ2) is 7.04. The minimum absolute atomic E-state index is 0.0965. The van der Waals surface area contributed by atoms with Gasteiger partial charge in [-0.3, -0.25) is 14.9 Å². The minimum atomic E-state index is -0.274. The summed E-state index contributed by atoms with van der Waals surface area (Å²) in [6.45, 7) is 7.23. The average Bonchev–Trinajstić information content (AvgIpc) is 2.98. The Kier molecular flexibility index (Phi) is 5.37. The minimum Gasteiger partial charge on any atom is -0.341 e. The van der Waals surface area contributed by atoms with Crippen LogP contribution in [0.15, 0.2) is 0 Å². The molecular weight excluding hydrogens is 256 g/mol. The molecule has 114 valence electrons. The zero-order chi connectivity index (χ0) is 14.5. The lowest BCUT2D eigenvalue weighted by Gasteiger charge is -2.32. The van der Waals surface area contributed by atoms with Crippen LogP contribution in [0.25, 0.3) is 0 Å². The molecule has 1 unspecified atom stereocenters. The van der Waals surface area contributed by atoms with Crippen molar-refractivity contribution in [3.05, 3.63) is 0 Å². The fraction of sp³-hybridized carbons (Fsp3) is 0.857. The van der Waals surface area contributed by atoms with Gasteiger partial charge in [0.2, 0.25) is 11.8 Å². The number of amides is 2. The summed E-state index contributed by atoms with van der Waals surface area (Å²) in [7, 11) is 2.07. The number of rotatable bonds is 4. The molecule has 0 radical (unpaired) electrons. The number of hydrogen-bond acceptors (Lipinski definition) is 4. The van der Waals surface area contributed by atoms with E-state index in [1.165, 1.54) is 0 Å². The van der Waals surface area contributed by atoms with Crippen LogP contribution in [0.3, 0.4) is 0 Å². The summed E-state index contributed by atoms with van der Waals surface area (Å²) >= 11 is 0. The van der Waals surface area contributed by atoms with Gasteiger partial charge in [-0.2, -0.15) is 0 Å². The van der Waals surface area contributed by atoms with Gasteiger partial charge in [-0.05, 0) is 26.8 Å². The van der Waals surface area contributed by atoms with Crippen LogP contribution in [0.4, 0.5) is 0 Å². The lowest BCUT2D eigenvalue weighted by Crippen LogP contribution is -2.52. The molecule has 1 N–H and O–H groups in total. The first kappa shape index (κ1) is 15.3. The number of nitrogens with one attached hydrogen (secondary N) is 1. The van der Waals surface area contributed by atoms with Gasteiger partial charge >= 0.3 is 0 Å². The molecule has 2 amide bonds. The molecule has 6 nitrogen and oxygen atoms in total. The smallest absolute Gasteiger partial charge is 0.239 e. The van der Waals surface area contributed by atoms with Gasteiger partial charge in [0.25, 0.3) is 0 Å². The van der Waals surface area contributed by atoms with Crippen molar-refractivity contribution in [1.82, 2.24) is 20.0 Å². The van der Waals surface area contributed by atoms with E-state index in [1.807, 2.05) is 16.7 Å². The molecule has 2 rings (SSSR count). The van der Waals surface area contributed by atoms with E-state index in [9.17, 15) is 9.59 Å². The van der Waals surface area contributed by atoms with Crippen LogP contribution >= 0.6 is 0 Å². The maximum atomic E-state index is 12.1. The Bertz CT molecular complexity index is 347. The van der Waals surface area contributed by atoms with Crippen LogP contribution in [0.2, 0.25) is 0 Å². The Morgan fingerprint density at radius 3 is 2.20 bits per heavy atom. The van der Waals surface area contributed by atoms with E-state index in [4.69, 9.17) is 0 Å². The summed E-state index contributed by atoms with van der Waals surface area (Å²) in [5, 5.41) is 3.07. The molecule has 0 aliphatic carbocycles. The molecule has 1 atom stereocenters. The predicted molar refractivity (Wildman–Crippen MR) is 77.4 cm³/mol. The standard InChI is InChI=1S/C14H26N4O2/c1-12(14(20)18-5-3-4-6-18)15-11-13(19)17-9-7-16(2)8-10-17/h12,15H,3-11H2,1-2H3. The third-order valence-electron chi connectivity index (χ3n) is 4.20. The number of carbonyl (C=O) groups excluding carboxylic acids is 2. The Morgan fingerprint density at radius 2 is 1.60 bits per heavy atom. The van der Waals surface area contributed by atoms with Gasteiger partial charge in [-0.15, -0.1) is 0 Å². The zero-order valence-corrected chi connectivity index (χ0v) is 12.6. The van der Waals surface area contributed by atoms with Gasteiger partial charge in [0.1, 0.15) is 0 Å². The molecule has 0 saturated carbocycles. The van der Waals surface area contributed by atoms with Gasteiger partial charge in [0, 0.05) is 39.3 Å². The molecule has 2 aliphatic rings. The van der Waals surface area contributed by atoms with Gasteiger partial charge in [0.15, 0.2) is 0 Å². The number of hydrogen-bond donors (Lipinski definition) is 1. The molecule has 2 heterocycles. The summed E-state index contributed by atoms with van der Waals surface area (Å²) < 4.78 is 0. The van der Waals surface area contributed by atoms with Gasteiger partial charge in [-0.1, -0.05) is 0 Å². The van der Waals surface area contributed by atoms with Crippen LogP contribution in [-0.2, 0) is 9.59 Å². The van der Waals surface area contributed by atoms with Crippen LogP contribution in [0, 0.1) is 0 Å². The molecule has 0 bridgehead atoms. The van der Waals surface area contributed by atoms with E-state index >= 15 is 0 Å². The number of nitrogens with zero attached hydrogens (tertiary/aromatic N) is 3. The first-order valence-corrected chi connectivity index (χ1v) is 7.56. The van der Waals surface area contributed by atoms with Crippen LogP contribution in [-0.4, -0.2) is 85.4 Å². The normalized spacial score (nSPS) is 22.1. The van der Waals surface area contributed by atoms with Gasteiger partial charge in [0.05, 0.1) is 12.6 Å². The summed E-state index contributed by atoms with van der Waals surface area (Å²) in [6, 6.07) is -0.274. The molecule has 2 aliphatic heterocycles. The van der Waals surface area contributed by atoms with Crippen molar-refractivity contribution in [1.29, 1.82) is 0 Å². The van der Waals surface area contributed by atoms with Crippen molar-refractivity contribution in [2.24, 2.45) is 0 Å². The number of likely N-dealkylation sites (tertiary alicyclic amines) is 1. The molecule has 0 aromatic rings. The topological polar surface area (TPSA) is 55.9 Å². The fourth-order valence-electron chi connectivity index (χ4n) is 2.71. The van der Waals surface area contributed by atoms with Crippen molar-refractivity contribution >= 4 is 11.8 Å². The fourth-order valence-corrected chi connectivity index (χ4v) is 2.71. The third-order valence-corrected chi connectivity index (χ3v) is 4.20. The first-order valence-electron chi connectivity index (χ1n) is 7.56. The monoisotopic (exact) mass is 282 g/mol. The first-order chi connectivity index (χ1) is 9.58. The second-order valence-electron chi connectivity index (χ2n) is 5.82. The molecule has 0 spiro atoms. The largest absolute Gasteiger partial charge is 0.341 e. The van der Waals surface area contributed by atoms with E-state index in [1.54, 1.807) is 0 Å². The average molecular weight is 282 g/mol. The van der Waals surface area contributed by atoms with Crippen LogP contribution in [0.5, 0.6) is 0 Å². The second-order valence-corrected chi connectivity index (χ2v) is 5.82. The van der Waals surface area contributed by atoms with Crippen molar-refractivity contribution in [2.45, 2.75) is 25.8 Å². The maximum absolute atomic E-state index is 12.1. The summed E-state index contributed by atoms with van der Waals surface area (Å²) in [4.78, 5) is 30.2. The van der Waals surface area contributed by atoms with Crippen molar-refractivity contribution < 1.29 is 9.59 Å². The predicted octanol–water partition coefficient (Wildman–Crippen LogP) is -0.639. The molecule has 6 heteroatoms. The zero-order valence-electron chi connectivity index (χ0n) is 12.6. The van der Waals surface area contributed by atoms with Gasteiger partial charge in [-0.25, -0.2) is 0 Å². The van der Waals surface area contributed by atoms with Crippen molar-refractivity contribution in [2.75, 3.05) is 52.9 Å².